The lowest BCUT2D eigenvalue weighted by Gasteiger charge is -2.16. The standard InChI is InChI=1S/C12H18FNO2S2/c1-9(14-2)12-10(13)5-4-6-11(12)17-7-8-18(3,15)16/h4-6,9,14H,7-8H2,1-3H3. The number of benzene rings is 1. The van der Waals surface area contributed by atoms with E-state index in [4.69, 9.17) is 0 Å². The van der Waals surface area contributed by atoms with Crippen LogP contribution >= 0.6 is 11.8 Å². The van der Waals surface area contributed by atoms with Gasteiger partial charge in [-0.3, -0.25) is 0 Å². The minimum Gasteiger partial charge on any atom is -0.313 e. The summed E-state index contributed by atoms with van der Waals surface area (Å²) >= 11 is 1.37. The van der Waals surface area contributed by atoms with Crippen LogP contribution < -0.4 is 5.32 Å². The Morgan fingerprint density at radius 1 is 1.44 bits per heavy atom. The molecule has 3 nitrogen and oxygen atoms in total. The molecule has 0 saturated heterocycles. The van der Waals surface area contributed by atoms with E-state index in [2.05, 4.69) is 5.32 Å². The lowest BCUT2D eigenvalue weighted by molar-refractivity contribution is 0.552. The van der Waals surface area contributed by atoms with Gasteiger partial charge in [0.05, 0.1) is 5.75 Å². The summed E-state index contributed by atoms with van der Waals surface area (Å²) in [5.41, 5.74) is 0.596. The second-order valence-electron chi connectivity index (χ2n) is 4.14. The fourth-order valence-corrected chi connectivity index (χ4v) is 3.88. The molecule has 6 heteroatoms. The van der Waals surface area contributed by atoms with Crippen molar-refractivity contribution in [2.75, 3.05) is 24.8 Å². The van der Waals surface area contributed by atoms with Gasteiger partial charge < -0.3 is 5.32 Å². The Hall–Kier alpha value is -0.590. The molecule has 0 aliphatic carbocycles. The number of thioether (sulfide) groups is 1. The zero-order chi connectivity index (χ0) is 13.8. The Morgan fingerprint density at radius 3 is 2.67 bits per heavy atom. The minimum absolute atomic E-state index is 0.0988. The largest absolute Gasteiger partial charge is 0.313 e. The Kier molecular flexibility index (Phi) is 5.62. The molecule has 1 rings (SSSR count). The van der Waals surface area contributed by atoms with Crippen LogP contribution in [0.15, 0.2) is 23.1 Å². The van der Waals surface area contributed by atoms with Gasteiger partial charge in [-0.1, -0.05) is 6.07 Å². The summed E-state index contributed by atoms with van der Waals surface area (Å²) in [6, 6.07) is 4.78. The number of rotatable bonds is 6. The number of nitrogens with one attached hydrogen (secondary N) is 1. The van der Waals surface area contributed by atoms with Crippen molar-refractivity contribution < 1.29 is 12.8 Å². The monoisotopic (exact) mass is 291 g/mol. The molecule has 1 atom stereocenters. The SMILES string of the molecule is CNC(C)c1c(F)cccc1SCCS(C)(=O)=O. The third kappa shape index (κ3) is 4.59. The van der Waals surface area contributed by atoms with Gasteiger partial charge in [-0.05, 0) is 26.1 Å². The van der Waals surface area contributed by atoms with E-state index in [0.29, 0.717) is 11.3 Å². The fourth-order valence-electron chi connectivity index (χ4n) is 1.51. The number of hydrogen-bond acceptors (Lipinski definition) is 4. The zero-order valence-electron chi connectivity index (χ0n) is 10.7. The summed E-state index contributed by atoms with van der Waals surface area (Å²) < 4.78 is 35.9. The van der Waals surface area contributed by atoms with E-state index in [0.717, 1.165) is 4.90 Å². The van der Waals surface area contributed by atoms with Gasteiger partial charge in [0, 0.05) is 28.5 Å². The highest BCUT2D eigenvalue weighted by Crippen LogP contribution is 2.29. The van der Waals surface area contributed by atoms with Crippen molar-refractivity contribution in [2.45, 2.75) is 17.9 Å². The van der Waals surface area contributed by atoms with Crippen LogP contribution in [0.4, 0.5) is 4.39 Å². The maximum atomic E-state index is 13.8. The first-order chi connectivity index (χ1) is 8.35. The topological polar surface area (TPSA) is 46.2 Å². The molecular formula is C12H18FNO2S2. The van der Waals surface area contributed by atoms with Crippen LogP contribution in [0.2, 0.25) is 0 Å². The van der Waals surface area contributed by atoms with Crippen LogP contribution in [0.25, 0.3) is 0 Å². The molecule has 0 fully saturated rings. The fraction of sp³-hybridized carbons (Fsp3) is 0.500. The maximum absolute atomic E-state index is 13.8. The van der Waals surface area contributed by atoms with E-state index in [1.807, 2.05) is 13.0 Å². The van der Waals surface area contributed by atoms with Crippen LogP contribution in [0.1, 0.15) is 18.5 Å². The molecule has 1 unspecified atom stereocenters. The highest BCUT2D eigenvalue weighted by Gasteiger charge is 2.14. The van der Waals surface area contributed by atoms with E-state index >= 15 is 0 Å². The molecule has 102 valence electrons. The predicted octanol–water partition coefficient (Wildman–Crippen LogP) is 2.24. The van der Waals surface area contributed by atoms with Gasteiger partial charge in [0.25, 0.3) is 0 Å². The minimum atomic E-state index is -2.97. The molecule has 0 heterocycles. The molecule has 0 aliphatic heterocycles. The molecule has 0 spiro atoms. The van der Waals surface area contributed by atoms with Crippen LogP contribution in [0.3, 0.4) is 0 Å². The normalized spacial score (nSPS) is 13.6. The van der Waals surface area contributed by atoms with E-state index in [1.165, 1.54) is 24.1 Å². The quantitative estimate of drug-likeness (QED) is 0.817. The molecule has 1 N–H and O–H groups in total. The first-order valence-electron chi connectivity index (χ1n) is 5.61. The van der Waals surface area contributed by atoms with Crippen molar-refractivity contribution in [1.82, 2.24) is 5.32 Å². The molecular weight excluding hydrogens is 273 g/mol. The van der Waals surface area contributed by atoms with Gasteiger partial charge in [0.15, 0.2) is 0 Å². The maximum Gasteiger partial charge on any atom is 0.148 e. The first kappa shape index (κ1) is 15.5. The lowest BCUT2D eigenvalue weighted by Crippen LogP contribution is -2.15. The van der Waals surface area contributed by atoms with Gasteiger partial charge in [0.1, 0.15) is 15.7 Å². The zero-order valence-corrected chi connectivity index (χ0v) is 12.4. The van der Waals surface area contributed by atoms with Crippen molar-refractivity contribution in [2.24, 2.45) is 0 Å². The van der Waals surface area contributed by atoms with Crippen molar-refractivity contribution in [3.8, 4) is 0 Å². The van der Waals surface area contributed by atoms with Gasteiger partial charge >= 0.3 is 0 Å². The first-order valence-corrected chi connectivity index (χ1v) is 8.66. The molecule has 0 radical (unpaired) electrons. The van der Waals surface area contributed by atoms with Crippen LogP contribution in [-0.2, 0) is 9.84 Å². The summed E-state index contributed by atoms with van der Waals surface area (Å²) in [6.45, 7) is 1.87. The Bertz CT molecular complexity index is 503. The molecule has 0 saturated carbocycles. The summed E-state index contributed by atoms with van der Waals surface area (Å²) in [6.07, 6.45) is 1.20. The van der Waals surface area contributed by atoms with Crippen molar-refractivity contribution in [3.63, 3.8) is 0 Å². The summed E-state index contributed by atoms with van der Waals surface area (Å²) in [5, 5.41) is 3.00. The van der Waals surface area contributed by atoms with E-state index < -0.39 is 9.84 Å². The predicted molar refractivity (Wildman–Crippen MR) is 74.3 cm³/mol. The van der Waals surface area contributed by atoms with Crippen LogP contribution in [0, 0.1) is 5.82 Å². The van der Waals surface area contributed by atoms with Crippen molar-refractivity contribution in [1.29, 1.82) is 0 Å². The van der Waals surface area contributed by atoms with Gasteiger partial charge in [0.2, 0.25) is 0 Å². The molecule has 0 amide bonds. The Morgan fingerprint density at radius 2 is 2.11 bits per heavy atom. The third-order valence-corrected chi connectivity index (χ3v) is 4.87. The number of sulfone groups is 1. The molecule has 0 aliphatic rings. The summed E-state index contributed by atoms with van der Waals surface area (Å²) in [5.74, 6) is 0.272. The number of halogens is 1. The summed E-state index contributed by atoms with van der Waals surface area (Å²) in [4.78, 5) is 0.792. The molecule has 1 aromatic carbocycles. The average molecular weight is 291 g/mol. The smallest absolute Gasteiger partial charge is 0.148 e. The molecule has 1 aromatic rings. The van der Waals surface area contributed by atoms with E-state index in [-0.39, 0.29) is 17.6 Å². The average Bonchev–Trinajstić information content (AvgIpc) is 2.26. The van der Waals surface area contributed by atoms with Crippen LogP contribution in [0.5, 0.6) is 0 Å². The lowest BCUT2D eigenvalue weighted by atomic mass is 10.1. The molecule has 0 aromatic heterocycles. The highest BCUT2D eigenvalue weighted by atomic mass is 32.2. The second-order valence-corrected chi connectivity index (χ2v) is 7.54. The highest BCUT2D eigenvalue weighted by molar-refractivity contribution is 8.00. The van der Waals surface area contributed by atoms with Crippen LogP contribution in [-0.4, -0.2) is 33.2 Å². The number of hydrogen-bond donors (Lipinski definition) is 1. The van der Waals surface area contributed by atoms with Crippen molar-refractivity contribution >= 4 is 21.6 Å². The van der Waals surface area contributed by atoms with Gasteiger partial charge in [-0.25, -0.2) is 12.8 Å². The second kappa shape index (κ2) is 6.54. The summed E-state index contributed by atoms with van der Waals surface area (Å²) in [7, 11) is -1.21. The molecule has 0 bridgehead atoms. The third-order valence-electron chi connectivity index (χ3n) is 2.59. The Labute approximate surface area is 112 Å². The van der Waals surface area contributed by atoms with E-state index in [9.17, 15) is 12.8 Å². The van der Waals surface area contributed by atoms with Crippen molar-refractivity contribution in [3.05, 3.63) is 29.6 Å². The van der Waals surface area contributed by atoms with Gasteiger partial charge in [-0.15, -0.1) is 11.8 Å². The molecule has 18 heavy (non-hydrogen) atoms. The van der Waals surface area contributed by atoms with Gasteiger partial charge in [-0.2, -0.15) is 0 Å². The van der Waals surface area contributed by atoms with E-state index in [1.54, 1.807) is 13.1 Å². The Balaban J connectivity index is 2.85.